The lowest BCUT2D eigenvalue weighted by Crippen LogP contribution is -2.55. The van der Waals surface area contributed by atoms with E-state index in [9.17, 15) is 34.5 Å². The van der Waals surface area contributed by atoms with Crippen LogP contribution in [0.5, 0.6) is 5.75 Å². The van der Waals surface area contributed by atoms with Crippen LogP contribution in [0.25, 0.3) is 0 Å². The predicted molar refractivity (Wildman–Crippen MR) is 168 cm³/mol. The number of carbonyl (C=O) groups excluding carboxylic acids is 4. The third-order valence-corrected chi connectivity index (χ3v) is 7.56. The van der Waals surface area contributed by atoms with Gasteiger partial charge in [-0.2, -0.15) is 0 Å². The molecular weight excluding hydrogens is 566 g/mol. The number of carbonyl (C=O) groups is 4. The number of esters is 2. The van der Waals surface area contributed by atoms with E-state index in [1.165, 1.54) is 44.6 Å². The van der Waals surface area contributed by atoms with E-state index in [0.717, 1.165) is 38.5 Å². The van der Waals surface area contributed by atoms with Crippen molar-refractivity contribution in [2.75, 3.05) is 20.3 Å². The summed E-state index contributed by atoms with van der Waals surface area (Å²) in [5.74, 6) is -3.70. The molecular formula is C34H53NO9. The van der Waals surface area contributed by atoms with Crippen molar-refractivity contribution in [3.05, 3.63) is 42.0 Å². The fraction of sp³-hybridized carbons (Fsp3) is 0.647. The lowest BCUT2D eigenvalue weighted by atomic mass is 9.83. The van der Waals surface area contributed by atoms with Crippen LogP contribution in [-0.2, 0) is 35.1 Å². The van der Waals surface area contributed by atoms with Crippen molar-refractivity contribution in [3.63, 3.8) is 0 Å². The Hall–Kier alpha value is -3.24. The summed E-state index contributed by atoms with van der Waals surface area (Å²) in [6.07, 6.45) is 13.5. The Morgan fingerprint density at radius 1 is 0.932 bits per heavy atom. The number of unbranched alkanes of at least 4 members (excludes halogenated alkanes) is 8. The molecule has 0 bridgehead atoms. The Balaban J connectivity index is 2.87. The molecule has 0 saturated carbocycles. The molecule has 0 saturated heterocycles. The van der Waals surface area contributed by atoms with Gasteiger partial charge in [-0.1, -0.05) is 69.7 Å². The molecule has 1 amide bonds. The molecule has 4 N–H and O–H groups in total. The van der Waals surface area contributed by atoms with Crippen LogP contribution in [0.4, 0.5) is 0 Å². The summed E-state index contributed by atoms with van der Waals surface area (Å²) < 4.78 is 9.91. The molecule has 0 aliphatic rings. The number of ketones is 1. The minimum absolute atomic E-state index is 0.0360. The number of allylic oxidation sites excluding steroid dienone is 1. The quantitative estimate of drug-likeness (QED) is 0.0730. The molecule has 10 nitrogen and oxygen atoms in total. The number of hydrogen-bond donors (Lipinski definition) is 4. The average Bonchev–Trinajstić information content (AvgIpc) is 3.00. The molecule has 0 aromatic heterocycles. The number of rotatable bonds is 24. The van der Waals surface area contributed by atoms with E-state index in [4.69, 9.17) is 9.47 Å². The molecule has 248 valence electrons. The van der Waals surface area contributed by atoms with Gasteiger partial charge in [0.15, 0.2) is 5.60 Å². The maximum absolute atomic E-state index is 13.6. The number of ether oxygens (including phenoxy) is 2. The second-order valence-electron chi connectivity index (χ2n) is 11.1. The molecule has 0 spiro atoms. The Kier molecular flexibility index (Phi) is 19.7. The van der Waals surface area contributed by atoms with E-state index < -0.39 is 48.4 Å². The van der Waals surface area contributed by atoms with Crippen molar-refractivity contribution in [1.82, 2.24) is 5.32 Å². The Morgan fingerprint density at radius 3 is 2.11 bits per heavy atom. The van der Waals surface area contributed by atoms with Gasteiger partial charge in [0.25, 0.3) is 0 Å². The van der Waals surface area contributed by atoms with Gasteiger partial charge >= 0.3 is 11.9 Å². The highest BCUT2D eigenvalue weighted by Crippen LogP contribution is 2.27. The highest BCUT2D eigenvalue weighted by atomic mass is 16.5. The average molecular weight is 620 g/mol. The summed E-state index contributed by atoms with van der Waals surface area (Å²) in [6, 6.07) is 4.95. The second kappa shape index (κ2) is 22.3. The van der Waals surface area contributed by atoms with Gasteiger partial charge in [-0.25, -0.2) is 9.59 Å². The Bertz CT molecular complexity index is 1020. The van der Waals surface area contributed by atoms with Crippen LogP contribution in [0.2, 0.25) is 0 Å². The number of Topliss-reactive ketones (excluding diaryl/α,β-unsaturated/α-hetero) is 1. The molecule has 0 fully saturated rings. The summed E-state index contributed by atoms with van der Waals surface area (Å²) in [4.78, 5) is 51.0. The molecule has 0 aliphatic heterocycles. The fourth-order valence-corrected chi connectivity index (χ4v) is 4.96. The van der Waals surface area contributed by atoms with E-state index in [1.54, 1.807) is 25.1 Å². The first-order valence-corrected chi connectivity index (χ1v) is 16.0. The number of phenols is 1. The van der Waals surface area contributed by atoms with Crippen molar-refractivity contribution < 1.29 is 44.0 Å². The van der Waals surface area contributed by atoms with Crippen molar-refractivity contribution in [2.24, 2.45) is 5.92 Å². The summed E-state index contributed by atoms with van der Waals surface area (Å²) in [7, 11) is 1.18. The van der Waals surface area contributed by atoms with Crippen molar-refractivity contribution in [3.8, 4) is 5.75 Å². The molecule has 10 heteroatoms. The SMILES string of the molecule is CCCCCCCC(=O)CCCCCC/C=C/[C@H](C(=O)N[C@@H](Cc1ccc(O)cc1)C(=O)OC)[C@@](O)(CCO)C(=O)OCC. The van der Waals surface area contributed by atoms with Crippen LogP contribution in [0.1, 0.15) is 103 Å². The summed E-state index contributed by atoms with van der Waals surface area (Å²) in [6.45, 7) is 3.10. The van der Waals surface area contributed by atoms with Crippen LogP contribution in [0.15, 0.2) is 36.4 Å². The molecule has 1 aromatic rings. The number of aliphatic hydroxyl groups is 2. The lowest BCUT2D eigenvalue weighted by molar-refractivity contribution is -0.174. The first kappa shape index (κ1) is 38.8. The zero-order chi connectivity index (χ0) is 32.8. The number of benzene rings is 1. The van der Waals surface area contributed by atoms with Crippen LogP contribution >= 0.6 is 0 Å². The molecule has 0 radical (unpaired) electrons. The second-order valence-corrected chi connectivity index (χ2v) is 11.1. The van der Waals surface area contributed by atoms with Crippen LogP contribution in [0, 0.1) is 5.92 Å². The van der Waals surface area contributed by atoms with E-state index in [-0.39, 0.29) is 18.8 Å². The monoisotopic (exact) mass is 619 g/mol. The fourth-order valence-electron chi connectivity index (χ4n) is 4.96. The standard InChI is InChI=1S/C34H53NO9/c1-4-6-7-10-13-16-27(37)17-14-11-8-9-12-15-18-29(34(42,23-24-36)33(41)44-5-2)31(39)35-30(32(40)43-3)25-26-19-21-28(38)22-20-26/h15,18-22,29-30,36,38,42H,4-14,16-17,23-25H2,1-3H3,(H,35,39)/b18-15+/t29-,30+,34+/m1/s1. The van der Waals surface area contributed by atoms with E-state index in [0.29, 0.717) is 30.6 Å². The van der Waals surface area contributed by atoms with E-state index in [1.807, 2.05) is 0 Å². The van der Waals surface area contributed by atoms with E-state index >= 15 is 0 Å². The number of nitrogens with one attached hydrogen (secondary N) is 1. The highest BCUT2D eigenvalue weighted by molar-refractivity contribution is 5.93. The number of methoxy groups -OCH3 is 1. The zero-order valence-corrected chi connectivity index (χ0v) is 26.7. The molecule has 44 heavy (non-hydrogen) atoms. The first-order valence-electron chi connectivity index (χ1n) is 16.0. The van der Waals surface area contributed by atoms with Gasteiger partial charge in [-0.3, -0.25) is 9.59 Å². The molecule has 1 rings (SSSR count). The van der Waals surface area contributed by atoms with Gasteiger partial charge in [0.2, 0.25) is 5.91 Å². The summed E-state index contributed by atoms with van der Waals surface area (Å²) in [5, 5.41) is 33.2. The number of aromatic hydroxyl groups is 1. The largest absolute Gasteiger partial charge is 0.508 e. The van der Waals surface area contributed by atoms with Gasteiger partial charge in [0.1, 0.15) is 17.6 Å². The van der Waals surface area contributed by atoms with Crippen LogP contribution in [0.3, 0.4) is 0 Å². The lowest BCUT2D eigenvalue weighted by Gasteiger charge is -2.32. The summed E-state index contributed by atoms with van der Waals surface area (Å²) >= 11 is 0. The third-order valence-electron chi connectivity index (χ3n) is 7.56. The molecule has 0 unspecified atom stereocenters. The minimum Gasteiger partial charge on any atom is -0.508 e. The number of aliphatic hydroxyl groups excluding tert-OH is 1. The van der Waals surface area contributed by atoms with Gasteiger partial charge in [0, 0.05) is 32.3 Å². The number of phenolic OH excluding ortho intramolecular Hbond substituents is 1. The third kappa shape index (κ3) is 14.5. The van der Waals surface area contributed by atoms with Gasteiger partial charge in [-0.05, 0) is 50.3 Å². The number of hydrogen-bond acceptors (Lipinski definition) is 9. The first-order chi connectivity index (χ1) is 21.1. The summed E-state index contributed by atoms with van der Waals surface area (Å²) in [5.41, 5.74) is -1.74. The Labute approximate surface area is 262 Å². The predicted octanol–water partition coefficient (Wildman–Crippen LogP) is 4.71. The van der Waals surface area contributed by atoms with Crippen molar-refractivity contribution >= 4 is 23.6 Å². The molecule has 3 atom stereocenters. The van der Waals surface area contributed by atoms with Crippen molar-refractivity contribution in [1.29, 1.82) is 0 Å². The molecule has 1 aromatic carbocycles. The van der Waals surface area contributed by atoms with Crippen molar-refractivity contribution in [2.45, 2.75) is 115 Å². The smallest absolute Gasteiger partial charge is 0.339 e. The minimum atomic E-state index is -2.37. The Morgan fingerprint density at radius 2 is 1.55 bits per heavy atom. The normalized spacial score (nSPS) is 14.0. The van der Waals surface area contributed by atoms with Crippen LogP contribution in [-0.4, -0.2) is 70.9 Å². The van der Waals surface area contributed by atoms with Crippen LogP contribution < -0.4 is 5.32 Å². The number of amides is 1. The van der Waals surface area contributed by atoms with Gasteiger partial charge < -0.3 is 30.1 Å². The maximum atomic E-state index is 13.6. The molecule has 0 aliphatic carbocycles. The maximum Gasteiger partial charge on any atom is 0.339 e. The zero-order valence-electron chi connectivity index (χ0n) is 26.7. The topological polar surface area (TPSA) is 159 Å². The molecule has 0 heterocycles. The van der Waals surface area contributed by atoms with E-state index in [2.05, 4.69) is 12.2 Å². The van der Waals surface area contributed by atoms with Gasteiger partial charge in [0.05, 0.1) is 19.6 Å². The van der Waals surface area contributed by atoms with Gasteiger partial charge in [-0.15, -0.1) is 0 Å². The highest BCUT2D eigenvalue weighted by Gasteiger charge is 2.48.